The maximum Gasteiger partial charge on any atom is 0.254 e. The average Bonchev–Trinajstić information content (AvgIpc) is 2.14. The fourth-order valence-electron chi connectivity index (χ4n) is 2.01. The Bertz CT molecular complexity index is 445. The molecule has 0 aliphatic rings. The summed E-state index contributed by atoms with van der Waals surface area (Å²) in [6.45, 7) is 6.22. The lowest BCUT2D eigenvalue weighted by Gasteiger charge is -2.19. The monoisotopic (exact) mass is 250 g/mol. The Morgan fingerprint density at radius 3 is 2.18 bits per heavy atom. The Balaban J connectivity index is 3.08. The lowest BCUT2D eigenvalue weighted by molar-refractivity contribution is 0.0813. The molecule has 2 N–H and O–H groups in total. The van der Waals surface area contributed by atoms with Gasteiger partial charge in [0.05, 0.1) is 11.5 Å². The second-order valence-electron chi connectivity index (χ2n) is 4.40. The Morgan fingerprint density at radius 2 is 1.76 bits per heavy atom. The lowest BCUT2D eigenvalue weighted by atomic mass is 9.99. The molecule has 1 amide bonds. The van der Waals surface area contributed by atoms with E-state index >= 15 is 0 Å². The number of carbonyl (C=O) groups excluding carboxylic acids is 1. The van der Waals surface area contributed by atoms with Crippen LogP contribution in [-0.2, 0) is 0 Å². The minimum Gasteiger partial charge on any atom is -0.392 e. The van der Waals surface area contributed by atoms with Gasteiger partial charge >= 0.3 is 0 Å². The molecule has 0 saturated heterocycles. The van der Waals surface area contributed by atoms with Crippen LogP contribution in [0.1, 0.15) is 27.0 Å². The van der Waals surface area contributed by atoms with Crippen molar-refractivity contribution in [1.82, 2.24) is 4.90 Å². The van der Waals surface area contributed by atoms with E-state index in [1.807, 2.05) is 32.9 Å². The number of amides is 1. The standard InChI is InChI=1S/C13H18N2OS/c1-8-5-9(2)12(10(3)6-8)13(16)15(4)7-11(14)17/h5-6H,7H2,1-4H3,(H2,14,17). The molecule has 4 heteroatoms. The molecule has 0 bridgehead atoms. The highest BCUT2D eigenvalue weighted by Gasteiger charge is 2.17. The molecule has 3 nitrogen and oxygen atoms in total. The molecular weight excluding hydrogens is 232 g/mol. The number of hydrogen-bond donors (Lipinski definition) is 1. The quantitative estimate of drug-likeness (QED) is 0.834. The summed E-state index contributed by atoms with van der Waals surface area (Å²) >= 11 is 4.81. The largest absolute Gasteiger partial charge is 0.392 e. The number of hydrogen-bond acceptors (Lipinski definition) is 2. The first-order valence-corrected chi connectivity index (χ1v) is 5.85. The molecule has 0 spiro atoms. The van der Waals surface area contributed by atoms with Crippen LogP contribution in [0.5, 0.6) is 0 Å². The highest BCUT2D eigenvalue weighted by Crippen LogP contribution is 2.17. The molecule has 0 atom stereocenters. The number of thiocarbonyl (C=S) groups is 1. The van der Waals surface area contributed by atoms with Crippen LogP contribution >= 0.6 is 12.2 Å². The van der Waals surface area contributed by atoms with Crippen molar-refractivity contribution in [2.45, 2.75) is 20.8 Å². The number of nitrogens with zero attached hydrogens (tertiary/aromatic N) is 1. The molecule has 1 aromatic carbocycles. The fourth-order valence-corrected chi connectivity index (χ4v) is 2.21. The summed E-state index contributed by atoms with van der Waals surface area (Å²) in [5.41, 5.74) is 9.33. The second kappa shape index (κ2) is 5.27. The molecule has 0 radical (unpaired) electrons. The lowest BCUT2D eigenvalue weighted by Crippen LogP contribution is -2.35. The zero-order valence-corrected chi connectivity index (χ0v) is 11.5. The molecule has 0 aromatic heterocycles. The van der Waals surface area contributed by atoms with Crippen molar-refractivity contribution in [2.24, 2.45) is 5.73 Å². The van der Waals surface area contributed by atoms with Gasteiger partial charge in [0.1, 0.15) is 0 Å². The fraction of sp³-hybridized carbons (Fsp3) is 0.385. The van der Waals surface area contributed by atoms with Gasteiger partial charge in [-0.2, -0.15) is 0 Å². The van der Waals surface area contributed by atoms with Crippen molar-refractivity contribution < 1.29 is 4.79 Å². The van der Waals surface area contributed by atoms with Crippen molar-refractivity contribution >= 4 is 23.1 Å². The first-order valence-electron chi connectivity index (χ1n) is 5.44. The predicted molar refractivity (Wildman–Crippen MR) is 74.4 cm³/mol. The van der Waals surface area contributed by atoms with Crippen molar-refractivity contribution in [3.8, 4) is 0 Å². The van der Waals surface area contributed by atoms with Gasteiger partial charge in [-0.1, -0.05) is 29.9 Å². The topological polar surface area (TPSA) is 46.3 Å². The number of aryl methyl sites for hydroxylation is 3. The summed E-state index contributed by atoms with van der Waals surface area (Å²) < 4.78 is 0. The Hall–Kier alpha value is -1.42. The summed E-state index contributed by atoms with van der Waals surface area (Å²) in [5, 5.41) is 0. The SMILES string of the molecule is Cc1cc(C)c(C(=O)N(C)CC(N)=S)c(C)c1. The minimum absolute atomic E-state index is 0.0344. The van der Waals surface area contributed by atoms with Crippen LogP contribution in [0.4, 0.5) is 0 Å². The second-order valence-corrected chi connectivity index (χ2v) is 4.93. The number of likely N-dealkylation sites (N-methyl/N-ethyl adjacent to an activating group) is 1. The van der Waals surface area contributed by atoms with Gasteiger partial charge in [0.2, 0.25) is 0 Å². The van der Waals surface area contributed by atoms with E-state index in [0.717, 1.165) is 22.3 Å². The third-order valence-electron chi connectivity index (χ3n) is 2.63. The van der Waals surface area contributed by atoms with Gasteiger partial charge in [-0.05, 0) is 31.9 Å². The predicted octanol–water partition coefficient (Wildman–Crippen LogP) is 1.97. The van der Waals surface area contributed by atoms with E-state index in [0.29, 0.717) is 11.5 Å². The number of nitrogens with two attached hydrogens (primary N) is 1. The smallest absolute Gasteiger partial charge is 0.254 e. The molecule has 1 rings (SSSR count). The van der Waals surface area contributed by atoms with Crippen LogP contribution in [0, 0.1) is 20.8 Å². The third-order valence-corrected chi connectivity index (χ3v) is 2.76. The van der Waals surface area contributed by atoms with E-state index in [2.05, 4.69) is 0 Å². The third kappa shape index (κ3) is 3.27. The Labute approximate surface area is 108 Å². The maximum absolute atomic E-state index is 12.2. The van der Waals surface area contributed by atoms with Crippen LogP contribution in [0.25, 0.3) is 0 Å². The first-order chi connectivity index (χ1) is 7.82. The van der Waals surface area contributed by atoms with Gasteiger partial charge in [-0.15, -0.1) is 0 Å². The molecule has 92 valence electrons. The molecule has 0 aliphatic heterocycles. The zero-order chi connectivity index (χ0) is 13.2. The van der Waals surface area contributed by atoms with E-state index in [-0.39, 0.29) is 5.91 Å². The van der Waals surface area contributed by atoms with E-state index in [1.165, 1.54) is 0 Å². The van der Waals surface area contributed by atoms with Crippen molar-refractivity contribution in [2.75, 3.05) is 13.6 Å². The van der Waals surface area contributed by atoms with E-state index in [4.69, 9.17) is 18.0 Å². The summed E-state index contributed by atoms with van der Waals surface area (Å²) in [5.74, 6) is -0.0344. The first kappa shape index (κ1) is 13.6. The zero-order valence-electron chi connectivity index (χ0n) is 10.7. The number of benzene rings is 1. The Kier molecular flexibility index (Phi) is 4.23. The maximum atomic E-state index is 12.2. The summed E-state index contributed by atoms with van der Waals surface area (Å²) in [6, 6.07) is 4.02. The van der Waals surface area contributed by atoms with E-state index in [1.54, 1.807) is 11.9 Å². The molecule has 0 saturated carbocycles. The van der Waals surface area contributed by atoms with Crippen molar-refractivity contribution in [3.63, 3.8) is 0 Å². The van der Waals surface area contributed by atoms with Crippen molar-refractivity contribution in [1.29, 1.82) is 0 Å². The van der Waals surface area contributed by atoms with Crippen LogP contribution < -0.4 is 5.73 Å². The molecule has 17 heavy (non-hydrogen) atoms. The molecule has 0 heterocycles. The molecule has 0 aliphatic carbocycles. The van der Waals surface area contributed by atoms with Gasteiger partial charge < -0.3 is 10.6 Å². The molecule has 0 fully saturated rings. The van der Waals surface area contributed by atoms with Crippen LogP contribution in [0.15, 0.2) is 12.1 Å². The molecule has 1 aromatic rings. The van der Waals surface area contributed by atoms with Crippen LogP contribution in [-0.4, -0.2) is 29.4 Å². The highest BCUT2D eigenvalue weighted by atomic mass is 32.1. The average molecular weight is 250 g/mol. The van der Waals surface area contributed by atoms with Gasteiger partial charge in [0.15, 0.2) is 0 Å². The van der Waals surface area contributed by atoms with E-state index in [9.17, 15) is 4.79 Å². The summed E-state index contributed by atoms with van der Waals surface area (Å²) in [6.07, 6.45) is 0. The van der Waals surface area contributed by atoms with Crippen LogP contribution in [0.2, 0.25) is 0 Å². The summed E-state index contributed by atoms with van der Waals surface area (Å²) in [4.78, 5) is 14.1. The van der Waals surface area contributed by atoms with Crippen molar-refractivity contribution in [3.05, 3.63) is 34.4 Å². The van der Waals surface area contributed by atoms with E-state index < -0.39 is 0 Å². The minimum atomic E-state index is -0.0344. The summed E-state index contributed by atoms with van der Waals surface area (Å²) in [7, 11) is 1.71. The number of carbonyl (C=O) groups is 1. The van der Waals surface area contributed by atoms with Gasteiger partial charge in [-0.25, -0.2) is 0 Å². The highest BCUT2D eigenvalue weighted by molar-refractivity contribution is 7.80. The normalized spacial score (nSPS) is 10.1. The van der Waals surface area contributed by atoms with Gasteiger partial charge in [0.25, 0.3) is 5.91 Å². The molecule has 0 unspecified atom stereocenters. The van der Waals surface area contributed by atoms with Crippen LogP contribution in [0.3, 0.4) is 0 Å². The Morgan fingerprint density at radius 1 is 1.29 bits per heavy atom. The number of rotatable bonds is 3. The van der Waals surface area contributed by atoms with Gasteiger partial charge in [-0.3, -0.25) is 4.79 Å². The molecular formula is C13H18N2OS. The van der Waals surface area contributed by atoms with Gasteiger partial charge in [0, 0.05) is 12.6 Å².